The van der Waals surface area contributed by atoms with Crippen LogP contribution >= 0.6 is 11.8 Å². The first-order chi connectivity index (χ1) is 4.43. The minimum Gasteiger partial charge on any atom is -0.315 e. The van der Waals surface area contributed by atoms with Crippen LogP contribution in [0.25, 0.3) is 0 Å². The lowest BCUT2D eigenvalue weighted by Crippen LogP contribution is -2.35. The molecule has 1 aliphatic heterocycles. The molecule has 4 heteroatoms. The number of nitrogens with two attached hydrogens (primary N) is 1. The Morgan fingerprint density at radius 1 is 1.78 bits per heavy atom. The van der Waals surface area contributed by atoms with Gasteiger partial charge in [-0.3, -0.25) is 0 Å². The maximum Gasteiger partial charge on any atom is 0.0810 e. The maximum absolute atomic E-state index is 4.92. The molecule has 1 aliphatic rings. The summed E-state index contributed by atoms with van der Waals surface area (Å²) in [5, 5.41) is 3.82. The van der Waals surface area contributed by atoms with Gasteiger partial charge in [-0.2, -0.15) is 11.8 Å². The van der Waals surface area contributed by atoms with E-state index in [1.165, 1.54) is 5.75 Å². The Balaban J connectivity index is 2.08. The van der Waals surface area contributed by atoms with E-state index in [1.807, 2.05) is 11.8 Å². The van der Waals surface area contributed by atoms with Crippen LogP contribution in [-0.4, -0.2) is 30.7 Å². The molecule has 0 bridgehead atoms. The van der Waals surface area contributed by atoms with Crippen molar-refractivity contribution in [1.29, 1.82) is 0 Å². The normalized spacial score (nSPS) is 28.3. The summed E-state index contributed by atoms with van der Waals surface area (Å²) in [6.07, 6.45) is 0. The zero-order valence-electron chi connectivity index (χ0n) is 5.30. The molecule has 0 amide bonds. The van der Waals surface area contributed by atoms with E-state index in [0.29, 0.717) is 11.9 Å². The molecular formula is C5H12N2OS. The van der Waals surface area contributed by atoms with Crippen LogP contribution in [0.2, 0.25) is 0 Å². The van der Waals surface area contributed by atoms with Crippen molar-refractivity contribution in [1.82, 2.24) is 5.32 Å². The average Bonchev–Trinajstić information content (AvgIpc) is 1.91. The van der Waals surface area contributed by atoms with E-state index in [0.717, 1.165) is 13.1 Å². The summed E-state index contributed by atoms with van der Waals surface area (Å²) in [6.45, 7) is 2.81. The van der Waals surface area contributed by atoms with Crippen molar-refractivity contribution in [3.05, 3.63) is 0 Å². The van der Waals surface area contributed by atoms with E-state index in [9.17, 15) is 0 Å². The first-order valence-corrected chi connectivity index (χ1v) is 4.12. The van der Waals surface area contributed by atoms with Gasteiger partial charge in [-0.1, -0.05) is 0 Å². The van der Waals surface area contributed by atoms with E-state index >= 15 is 0 Å². The highest BCUT2D eigenvalue weighted by Gasteiger charge is 2.12. The highest BCUT2D eigenvalue weighted by molar-refractivity contribution is 8.00. The van der Waals surface area contributed by atoms with Gasteiger partial charge >= 0.3 is 0 Å². The molecular weight excluding hydrogens is 136 g/mol. The predicted octanol–water partition coefficient (Wildman–Crippen LogP) is -0.418. The second-order valence-corrected chi connectivity index (χ2v) is 3.44. The summed E-state index contributed by atoms with van der Waals surface area (Å²) in [5.41, 5.74) is 0. The Morgan fingerprint density at radius 2 is 2.67 bits per heavy atom. The SMILES string of the molecule is NOCC1CNCCS1. The summed E-state index contributed by atoms with van der Waals surface area (Å²) in [6, 6.07) is 0. The molecule has 0 aromatic heterocycles. The van der Waals surface area contributed by atoms with Crippen molar-refractivity contribution < 1.29 is 4.84 Å². The molecule has 0 saturated carbocycles. The second kappa shape index (κ2) is 4.11. The van der Waals surface area contributed by atoms with E-state index in [-0.39, 0.29) is 0 Å². The maximum atomic E-state index is 4.92. The van der Waals surface area contributed by atoms with Crippen LogP contribution in [0.15, 0.2) is 0 Å². The zero-order valence-corrected chi connectivity index (χ0v) is 6.12. The monoisotopic (exact) mass is 148 g/mol. The third kappa shape index (κ3) is 2.53. The molecule has 0 aromatic carbocycles. The molecule has 9 heavy (non-hydrogen) atoms. The summed E-state index contributed by atoms with van der Waals surface area (Å²) < 4.78 is 0. The number of hydrogen-bond acceptors (Lipinski definition) is 4. The summed E-state index contributed by atoms with van der Waals surface area (Å²) in [7, 11) is 0. The van der Waals surface area contributed by atoms with E-state index in [1.54, 1.807) is 0 Å². The molecule has 54 valence electrons. The summed E-state index contributed by atoms with van der Waals surface area (Å²) >= 11 is 1.92. The van der Waals surface area contributed by atoms with Crippen molar-refractivity contribution in [2.45, 2.75) is 5.25 Å². The van der Waals surface area contributed by atoms with Gasteiger partial charge in [0.05, 0.1) is 6.61 Å². The molecule has 0 spiro atoms. The largest absolute Gasteiger partial charge is 0.315 e. The molecule has 3 N–H and O–H groups in total. The van der Waals surface area contributed by atoms with Crippen LogP contribution in [-0.2, 0) is 4.84 Å². The molecule has 0 aromatic rings. The van der Waals surface area contributed by atoms with Gasteiger partial charge in [0, 0.05) is 24.1 Å². The Kier molecular flexibility index (Phi) is 3.35. The lowest BCUT2D eigenvalue weighted by molar-refractivity contribution is 0.138. The van der Waals surface area contributed by atoms with Gasteiger partial charge in [0.1, 0.15) is 0 Å². The molecule has 0 radical (unpaired) electrons. The van der Waals surface area contributed by atoms with Crippen LogP contribution in [0.4, 0.5) is 0 Å². The summed E-state index contributed by atoms with van der Waals surface area (Å²) in [5.74, 6) is 6.09. The van der Waals surface area contributed by atoms with Crippen LogP contribution in [0.1, 0.15) is 0 Å². The van der Waals surface area contributed by atoms with Gasteiger partial charge in [0.25, 0.3) is 0 Å². The molecule has 1 rings (SSSR count). The molecule has 1 heterocycles. The standard InChI is InChI=1S/C5H12N2OS/c6-8-4-5-3-7-1-2-9-5/h5,7H,1-4,6H2. The summed E-state index contributed by atoms with van der Waals surface area (Å²) in [4.78, 5) is 4.52. The van der Waals surface area contributed by atoms with Gasteiger partial charge < -0.3 is 10.2 Å². The first kappa shape index (κ1) is 7.34. The Morgan fingerprint density at radius 3 is 3.22 bits per heavy atom. The molecule has 1 unspecified atom stereocenters. The Bertz CT molecular complexity index is 72.6. The van der Waals surface area contributed by atoms with Crippen molar-refractivity contribution in [2.75, 3.05) is 25.4 Å². The number of rotatable bonds is 2. The third-order valence-electron chi connectivity index (χ3n) is 1.29. The second-order valence-electron chi connectivity index (χ2n) is 2.03. The number of thioether (sulfide) groups is 1. The zero-order chi connectivity index (χ0) is 6.53. The molecule has 3 nitrogen and oxygen atoms in total. The van der Waals surface area contributed by atoms with E-state index < -0.39 is 0 Å². The van der Waals surface area contributed by atoms with Gasteiger partial charge in [0.15, 0.2) is 0 Å². The Hall–Kier alpha value is 0.230. The topological polar surface area (TPSA) is 47.3 Å². The van der Waals surface area contributed by atoms with Crippen molar-refractivity contribution in [3.63, 3.8) is 0 Å². The first-order valence-electron chi connectivity index (χ1n) is 3.07. The quantitative estimate of drug-likeness (QED) is 0.522. The lowest BCUT2D eigenvalue weighted by atomic mass is 10.4. The molecule has 0 aliphatic carbocycles. The van der Waals surface area contributed by atoms with E-state index in [4.69, 9.17) is 5.90 Å². The van der Waals surface area contributed by atoms with Crippen LogP contribution in [0.3, 0.4) is 0 Å². The average molecular weight is 148 g/mol. The van der Waals surface area contributed by atoms with Crippen molar-refractivity contribution in [3.8, 4) is 0 Å². The van der Waals surface area contributed by atoms with Gasteiger partial charge in [0.2, 0.25) is 0 Å². The highest BCUT2D eigenvalue weighted by Crippen LogP contribution is 2.12. The third-order valence-corrected chi connectivity index (χ3v) is 2.50. The molecule has 1 atom stereocenters. The predicted molar refractivity (Wildman–Crippen MR) is 39.3 cm³/mol. The fourth-order valence-corrected chi connectivity index (χ4v) is 1.84. The number of nitrogens with one attached hydrogen (secondary N) is 1. The van der Waals surface area contributed by atoms with E-state index in [2.05, 4.69) is 10.2 Å². The highest BCUT2D eigenvalue weighted by atomic mass is 32.2. The lowest BCUT2D eigenvalue weighted by Gasteiger charge is -2.20. The number of hydrogen-bond donors (Lipinski definition) is 2. The fraction of sp³-hybridized carbons (Fsp3) is 1.00. The van der Waals surface area contributed by atoms with Gasteiger partial charge in [-0.15, -0.1) is 0 Å². The molecule has 1 saturated heterocycles. The van der Waals surface area contributed by atoms with Gasteiger partial charge in [-0.05, 0) is 0 Å². The Labute approximate surface area is 59.3 Å². The minimum atomic E-state index is 0.559. The smallest absolute Gasteiger partial charge is 0.0810 e. The van der Waals surface area contributed by atoms with Gasteiger partial charge in [-0.25, -0.2) is 5.90 Å². The molecule has 1 fully saturated rings. The van der Waals surface area contributed by atoms with Crippen LogP contribution in [0.5, 0.6) is 0 Å². The van der Waals surface area contributed by atoms with Crippen molar-refractivity contribution in [2.24, 2.45) is 5.90 Å². The fourth-order valence-electron chi connectivity index (χ4n) is 0.834. The van der Waals surface area contributed by atoms with Crippen molar-refractivity contribution >= 4 is 11.8 Å². The van der Waals surface area contributed by atoms with Crippen LogP contribution in [0, 0.1) is 0 Å². The minimum absolute atomic E-state index is 0.559. The van der Waals surface area contributed by atoms with Crippen LogP contribution < -0.4 is 11.2 Å².